The highest BCUT2D eigenvalue weighted by Crippen LogP contribution is 2.40. The molecule has 4 rings (SSSR count). The van der Waals surface area contributed by atoms with Crippen LogP contribution in [-0.2, 0) is 16.9 Å². The number of carbonyl (C=O) groups excluding carboxylic acids is 1. The van der Waals surface area contributed by atoms with Crippen molar-refractivity contribution in [2.45, 2.75) is 26.0 Å². The van der Waals surface area contributed by atoms with E-state index in [-0.39, 0.29) is 32.4 Å². The molecule has 11 heteroatoms. The number of halogens is 2. The highest BCUT2D eigenvalue weighted by atomic mass is 32.1. The summed E-state index contributed by atoms with van der Waals surface area (Å²) in [7, 11) is 1.56. The molecule has 0 spiro atoms. The number of nitrogens with zero attached hydrogens (tertiary/aromatic N) is 2. The molecule has 4 aromatic rings. The van der Waals surface area contributed by atoms with Crippen LogP contribution in [0.3, 0.4) is 0 Å². The third-order valence-electron chi connectivity index (χ3n) is 5.49. The number of fused-ring (bicyclic) bond motifs is 1. The van der Waals surface area contributed by atoms with E-state index >= 15 is 0 Å². The number of aromatic hydroxyl groups is 1. The number of primary amides is 1. The summed E-state index contributed by atoms with van der Waals surface area (Å²) in [5, 5.41) is 24.2. The fourth-order valence-electron chi connectivity index (χ4n) is 3.62. The van der Waals surface area contributed by atoms with Crippen LogP contribution in [0, 0.1) is 11.6 Å². The van der Waals surface area contributed by atoms with Gasteiger partial charge in [0.15, 0.2) is 0 Å². The fourth-order valence-corrected chi connectivity index (χ4v) is 4.74. The maximum Gasteiger partial charge on any atom is 0.251 e. The average molecular weight is 503 g/mol. The molecule has 1 amide bonds. The zero-order valence-electron chi connectivity index (χ0n) is 19.2. The predicted octanol–water partition coefficient (Wildman–Crippen LogP) is 4.46. The molecule has 35 heavy (non-hydrogen) atoms. The SMILES string of the molecule is COCCn1cc2nc(Nc3sc(-c4c(F)cc(C(C)(C)O)cc4F)cc3C(N)=O)ccc2c1O. The van der Waals surface area contributed by atoms with Gasteiger partial charge in [-0.05, 0) is 49.7 Å². The van der Waals surface area contributed by atoms with Gasteiger partial charge < -0.3 is 30.6 Å². The van der Waals surface area contributed by atoms with Crippen molar-refractivity contribution >= 4 is 39.0 Å². The van der Waals surface area contributed by atoms with Gasteiger partial charge in [-0.25, -0.2) is 13.8 Å². The molecule has 1 aromatic carbocycles. The first kappa shape index (κ1) is 24.6. The Balaban J connectivity index is 1.71. The van der Waals surface area contributed by atoms with Crippen LogP contribution in [0.1, 0.15) is 29.8 Å². The van der Waals surface area contributed by atoms with Gasteiger partial charge in [-0.3, -0.25) is 4.79 Å². The number of hydrogen-bond acceptors (Lipinski definition) is 7. The molecule has 0 bridgehead atoms. The van der Waals surface area contributed by atoms with Crippen molar-refractivity contribution in [3.8, 4) is 16.3 Å². The normalized spacial score (nSPS) is 11.8. The number of anilines is 2. The number of hydrogen-bond donors (Lipinski definition) is 4. The minimum atomic E-state index is -1.43. The smallest absolute Gasteiger partial charge is 0.251 e. The Morgan fingerprint density at radius 3 is 2.54 bits per heavy atom. The van der Waals surface area contributed by atoms with Crippen molar-refractivity contribution in [1.82, 2.24) is 9.55 Å². The van der Waals surface area contributed by atoms with Crippen molar-refractivity contribution in [1.29, 1.82) is 0 Å². The number of methoxy groups -OCH3 is 1. The Labute approximate surface area is 203 Å². The standard InChI is InChI=1S/C24H24F2N4O4S/c1-24(2,33)12-8-15(25)20(16(26)9-12)18-10-14(21(27)31)22(35-18)29-19-5-4-13-17(28-19)11-30(23(13)32)6-7-34-3/h4-5,8-11,32-33H,6-7H2,1-3H3,(H2,27,31)(H,28,29). The minimum Gasteiger partial charge on any atom is -0.494 e. The van der Waals surface area contributed by atoms with E-state index in [4.69, 9.17) is 10.5 Å². The fraction of sp³-hybridized carbons (Fsp3) is 0.250. The van der Waals surface area contributed by atoms with Gasteiger partial charge in [0.1, 0.15) is 22.5 Å². The first-order valence-corrected chi connectivity index (χ1v) is 11.4. The summed E-state index contributed by atoms with van der Waals surface area (Å²) in [5.41, 5.74) is 4.38. The van der Waals surface area contributed by atoms with Gasteiger partial charge in [-0.15, -0.1) is 11.3 Å². The first-order chi connectivity index (χ1) is 16.5. The number of thiophene rings is 1. The molecule has 0 radical (unpaired) electrons. The van der Waals surface area contributed by atoms with Crippen molar-refractivity contribution in [3.63, 3.8) is 0 Å². The van der Waals surface area contributed by atoms with Gasteiger partial charge in [-0.2, -0.15) is 0 Å². The summed E-state index contributed by atoms with van der Waals surface area (Å²) in [5.74, 6) is -2.14. The number of pyridine rings is 1. The van der Waals surface area contributed by atoms with Gasteiger partial charge in [-0.1, -0.05) is 0 Å². The van der Waals surface area contributed by atoms with E-state index in [2.05, 4.69) is 10.3 Å². The Kier molecular flexibility index (Phi) is 6.50. The second-order valence-corrected chi connectivity index (χ2v) is 9.54. The monoisotopic (exact) mass is 502 g/mol. The number of benzene rings is 1. The highest BCUT2D eigenvalue weighted by Gasteiger charge is 2.24. The van der Waals surface area contributed by atoms with Gasteiger partial charge in [0, 0.05) is 24.7 Å². The molecule has 0 aliphatic heterocycles. The maximum absolute atomic E-state index is 14.9. The van der Waals surface area contributed by atoms with E-state index in [0.717, 1.165) is 23.5 Å². The molecule has 0 fully saturated rings. The summed E-state index contributed by atoms with van der Waals surface area (Å²) >= 11 is 0.937. The zero-order chi connectivity index (χ0) is 25.5. The molecule has 3 heterocycles. The molecule has 5 N–H and O–H groups in total. The molecule has 0 aliphatic carbocycles. The molecule has 0 atom stereocenters. The first-order valence-electron chi connectivity index (χ1n) is 10.6. The number of ether oxygens (including phenoxy) is 1. The summed E-state index contributed by atoms with van der Waals surface area (Å²) in [4.78, 5) is 16.7. The van der Waals surface area contributed by atoms with Crippen molar-refractivity contribution in [2.24, 2.45) is 5.73 Å². The summed E-state index contributed by atoms with van der Waals surface area (Å²) < 4.78 is 36.4. The Morgan fingerprint density at radius 2 is 1.94 bits per heavy atom. The summed E-state index contributed by atoms with van der Waals surface area (Å²) in [6, 6.07) is 6.70. The molecule has 0 unspecified atom stereocenters. The molecular weight excluding hydrogens is 478 g/mol. The summed E-state index contributed by atoms with van der Waals surface area (Å²) in [6.07, 6.45) is 1.67. The highest BCUT2D eigenvalue weighted by molar-refractivity contribution is 7.20. The Hall–Kier alpha value is -3.54. The zero-order valence-corrected chi connectivity index (χ0v) is 20.0. The van der Waals surface area contributed by atoms with Gasteiger partial charge in [0.05, 0.1) is 34.2 Å². The van der Waals surface area contributed by atoms with Crippen LogP contribution in [-0.4, -0.2) is 39.4 Å². The lowest BCUT2D eigenvalue weighted by atomic mass is 9.96. The van der Waals surface area contributed by atoms with Crippen LogP contribution in [0.4, 0.5) is 19.6 Å². The van der Waals surface area contributed by atoms with Crippen molar-refractivity contribution < 1.29 is 28.5 Å². The number of aliphatic hydroxyl groups is 1. The number of amides is 1. The number of carbonyl (C=O) groups is 1. The van der Waals surface area contributed by atoms with E-state index < -0.39 is 23.1 Å². The number of nitrogens with one attached hydrogen (secondary N) is 1. The topological polar surface area (TPSA) is 123 Å². The van der Waals surface area contributed by atoms with Crippen LogP contribution in [0.5, 0.6) is 5.88 Å². The van der Waals surface area contributed by atoms with Gasteiger partial charge in [0.25, 0.3) is 5.91 Å². The number of aromatic nitrogens is 2. The molecule has 8 nitrogen and oxygen atoms in total. The van der Waals surface area contributed by atoms with Crippen LogP contribution >= 0.6 is 11.3 Å². The van der Waals surface area contributed by atoms with Gasteiger partial charge in [0.2, 0.25) is 5.88 Å². The third kappa shape index (κ3) is 4.83. The Morgan fingerprint density at radius 1 is 1.26 bits per heavy atom. The molecule has 0 saturated carbocycles. The van der Waals surface area contributed by atoms with Gasteiger partial charge >= 0.3 is 0 Å². The molecule has 184 valence electrons. The Bertz CT molecular complexity index is 1400. The summed E-state index contributed by atoms with van der Waals surface area (Å²) in [6.45, 7) is 3.69. The molecule has 0 aliphatic rings. The number of rotatable bonds is 8. The van der Waals surface area contributed by atoms with Crippen LogP contribution < -0.4 is 11.1 Å². The second kappa shape index (κ2) is 9.25. The molecular formula is C24H24F2N4O4S. The second-order valence-electron chi connectivity index (χ2n) is 8.48. The maximum atomic E-state index is 14.9. The van der Waals surface area contributed by atoms with Crippen molar-refractivity contribution in [3.05, 3.63) is 59.3 Å². The predicted molar refractivity (Wildman–Crippen MR) is 130 cm³/mol. The minimum absolute atomic E-state index is 0.0396. The molecule has 0 saturated heterocycles. The quantitative estimate of drug-likeness (QED) is 0.282. The largest absolute Gasteiger partial charge is 0.494 e. The van der Waals surface area contributed by atoms with Crippen LogP contribution in [0.2, 0.25) is 0 Å². The van der Waals surface area contributed by atoms with Crippen LogP contribution in [0.25, 0.3) is 21.3 Å². The van der Waals surface area contributed by atoms with E-state index in [1.807, 2.05) is 0 Å². The lowest BCUT2D eigenvalue weighted by Gasteiger charge is -2.18. The van der Waals surface area contributed by atoms with Crippen molar-refractivity contribution in [2.75, 3.05) is 19.0 Å². The molecule has 3 aromatic heterocycles. The third-order valence-corrected chi connectivity index (χ3v) is 6.55. The van der Waals surface area contributed by atoms with Crippen LogP contribution in [0.15, 0.2) is 36.5 Å². The number of nitrogens with two attached hydrogens (primary N) is 1. The lowest BCUT2D eigenvalue weighted by molar-refractivity contribution is 0.0778. The average Bonchev–Trinajstić information content (AvgIpc) is 3.32. The van der Waals surface area contributed by atoms with E-state index in [1.54, 1.807) is 30.0 Å². The van der Waals surface area contributed by atoms with E-state index in [0.29, 0.717) is 29.9 Å². The lowest BCUT2D eigenvalue weighted by Crippen LogP contribution is -2.16. The van der Waals surface area contributed by atoms with E-state index in [1.165, 1.54) is 19.9 Å². The van der Waals surface area contributed by atoms with E-state index in [9.17, 15) is 23.8 Å².